The highest BCUT2D eigenvalue weighted by molar-refractivity contribution is 6.09. The zero-order valence-electron chi connectivity index (χ0n) is 22.3. The highest BCUT2D eigenvalue weighted by Gasteiger charge is 2.40. The summed E-state index contributed by atoms with van der Waals surface area (Å²) in [4.78, 5) is 29.1. The lowest BCUT2D eigenvalue weighted by molar-refractivity contribution is -0.157. The molecule has 3 aromatic rings. The lowest BCUT2D eigenvalue weighted by Crippen LogP contribution is -2.53. The van der Waals surface area contributed by atoms with Gasteiger partial charge in [0.05, 0.1) is 19.9 Å². The van der Waals surface area contributed by atoms with E-state index in [2.05, 4.69) is 25.5 Å². The minimum absolute atomic E-state index is 0.164. The molecule has 0 spiro atoms. The number of carbonyl (C=O) groups excluding carboxylic acids is 2. The maximum atomic E-state index is 13.9. The zero-order valence-corrected chi connectivity index (χ0v) is 22.3. The molecule has 1 heterocycles. The number of benzene rings is 3. The van der Waals surface area contributed by atoms with E-state index in [0.29, 0.717) is 17.4 Å². The van der Waals surface area contributed by atoms with E-state index in [0.717, 1.165) is 28.0 Å². The number of hydrogen-bond acceptors (Lipinski definition) is 5. The Labute approximate surface area is 224 Å². The van der Waals surface area contributed by atoms with Gasteiger partial charge < -0.3 is 14.4 Å². The number of hydrazone groups is 1. The molecule has 7 heteroatoms. The Bertz CT molecular complexity index is 1310. The second kappa shape index (κ2) is 11.8. The number of piperazine rings is 1. The normalized spacial score (nSPS) is 16.1. The minimum Gasteiger partial charge on any atom is -0.497 e. The van der Waals surface area contributed by atoms with Crippen LogP contribution in [-0.2, 0) is 16.1 Å². The molecule has 196 valence electrons. The monoisotopic (exact) mass is 511 g/mol. The molecule has 1 fully saturated rings. The van der Waals surface area contributed by atoms with Crippen LogP contribution in [0.4, 0.5) is 0 Å². The summed E-state index contributed by atoms with van der Waals surface area (Å²) in [6, 6.07) is 21.9. The van der Waals surface area contributed by atoms with Crippen LogP contribution in [0.25, 0.3) is 0 Å². The molecule has 0 radical (unpaired) electrons. The summed E-state index contributed by atoms with van der Waals surface area (Å²) < 4.78 is 10.5. The van der Waals surface area contributed by atoms with Crippen LogP contribution in [0.3, 0.4) is 0 Å². The van der Waals surface area contributed by atoms with Crippen LogP contribution in [0.5, 0.6) is 11.5 Å². The fraction of sp³-hybridized carbons (Fsp3) is 0.258. The topological polar surface area (TPSA) is 71.4 Å². The van der Waals surface area contributed by atoms with Gasteiger partial charge in [0.2, 0.25) is 5.91 Å². The highest BCUT2D eigenvalue weighted by Crippen LogP contribution is 2.31. The number of methoxy groups -OCH3 is 2. The average Bonchev–Trinajstić information content (AvgIpc) is 2.94. The number of nitrogens with zero attached hydrogens (tertiary/aromatic N) is 3. The van der Waals surface area contributed by atoms with Gasteiger partial charge in [0.1, 0.15) is 24.1 Å². The molecule has 0 bridgehead atoms. The Kier molecular flexibility index (Phi) is 8.26. The van der Waals surface area contributed by atoms with E-state index in [9.17, 15) is 9.59 Å². The van der Waals surface area contributed by atoms with Gasteiger partial charge >= 0.3 is 0 Å². The van der Waals surface area contributed by atoms with Crippen molar-refractivity contribution < 1.29 is 19.1 Å². The van der Waals surface area contributed by atoms with Gasteiger partial charge in [0, 0.05) is 12.1 Å². The van der Waals surface area contributed by atoms with Gasteiger partial charge in [-0.15, -0.1) is 0 Å². The molecule has 0 aromatic heterocycles. The van der Waals surface area contributed by atoms with Crippen LogP contribution in [0.2, 0.25) is 0 Å². The first-order valence-electron chi connectivity index (χ1n) is 12.5. The number of carbonyl (C=O) groups is 2. The molecular weight excluding hydrogens is 478 g/mol. The Hall–Kier alpha value is -4.39. The fourth-order valence-electron chi connectivity index (χ4n) is 4.40. The van der Waals surface area contributed by atoms with Crippen LogP contribution in [0.1, 0.15) is 48.1 Å². The predicted molar refractivity (Wildman–Crippen MR) is 148 cm³/mol. The average molecular weight is 512 g/mol. The summed E-state index contributed by atoms with van der Waals surface area (Å²) in [5.41, 5.74) is 4.06. The first kappa shape index (κ1) is 26.7. The molecule has 1 aliphatic heterocycles. The summed E-state index contributed by atoms with van der Waals surface area (Å²) in [6.07, 6.45) is 1.58. The highest BCUT2D eigenvalue weighted by atomic mass is 16.5. The molecule has 2 amide bonds. The number of ether oxygens (including phenoxy) is 2. The van der Waals surface area contributed by atoms with Crippen molar-refractivity contribution in [1.82, 2.24) is 9.91 Å². The van der Waals surface area contributed by atoms with E-state index < -0.39 is 6.04 Å². The summed E-state index contributed by atoms with van der Waals surface area (Å²) in [6.45, 7) is 8.23. The van der Waals surface area contributed by atoms with E-state index in [-0.39, 0.29) is 24.9 Å². The molecule has 0 saturated carbocycles. The number of allylic oxidation sites excluding steroid dienone is 1. The zero-order chi connectivity index (χ0) is 27.2. The quantitative estimate of drug-likeness (QED) is 0.364. The van der Waals surface area contributed by atoms with Crippen LogP contribution in [-0.4, -0.2) is 48.2 Å². The second-order valence-corrected chi connectivity index (χ2v) is 9.41. The molecule has 38 heavy (non-hydrogen) atoms. The third kappa shape index (κ3) is 5.78. The Morgan fingerprint density at radius 2 is 1.53 bits per heavy atom. The summed E-state index contributed by atoms with van der Waals surface area (Å²) >= 11 is 0. The Morgan fingerprint density at radius 1 is 0.947 bits per heavy atom. The third-order valence-corrected chi connectivity index (χ3v) is 6.64. The van der Waals surface area contributed by atoms with Crippen molar-refractivity contribution >= 4 is 17.5 Å². The van der Waals surface area contributed by atoms with E-state index in [1.807, 2.05) is 72.8 Å². The molecule has 0 aliphatic carbocycles. The molecule has 1 unspecified atom stereocenters. The smallest absolute Gasteiger partial charge is 0.270 e. The van der Waals surface area contributed by atoms with Crippen molar-refractivity contribution in [2.24, 2.45) is 5.10 Å². The number of hydrogen-bond donors (Lipinski definition) is 0. The number of amides is 2. The second-order valence-electron chi connectivity index (χ2n) is 9.41. The van der Waals surface area contributed by atoms with Crippen molar-refractivity contribution in [2.75, 3.05) is 20.8 Å². The van der Waals surface area contributed by atoms with Crippen LogP contribution >= 0.6 is 0 Å². The molecule has 7 nitrogen and oxygen atoms in total. The van der Waals surface area contributed by atoms with Gasteiger partial charge in [0.15, 0.2) is 0 Å². The maximum Gasteiger partial charge on any atom is 0.270 e. The van der Waals surface area contributed by atoms with Crippen LogP contribution in [0, 0.1) is 0 Å². The van der Waals surface area contributed by atoms with Crippen LogP contribution in [0.15, 0.2) is 90.6 Å². The van der Waals surface area contributed by atoms with E-state index >= 15 is 0 Å². The Morgan fingerprint density at radius 3 is 2.05 bits per heavy atom. The van der Waals surface area contributed by atoms with E-state index in [4.69, 9.17) is 9.47 Å². The van der Waals surface area contributed by atoms with Gasteiger partial charge in [-0.3, -0.25) is 9.59 Å². The molecule has 0 N–H and O–H groups in total. The van der Waals surface area contributed by atoms with E-state index in [1.54, 1.807) is 25.2 Å². The fourth-order valence-corrected chi connectivity index (χ4v) is 4.40. The maximum absolute atomic E-state index is 13.9. The minimum atomic E-state index is -0.815. The van der Waals surface area contributed by atoms with Gasteiger partial charge in [-0.05, 0) is 65.1 Å². The van der Waals surface area contributed by atoms with Gasteiger partial charge in [-0.25, -0.2) is 5.01 Å². The van der Waals surface area contributed by atoms with Crippen molar-refractivity contribution in [3.8, 4) is 11.5 Å². The van der Waals surface area contributed by atoms with Crippen molar-refractivity contribution in [3.05, 3.63) is 108 Å². The third-order valence-electron chi connectivity index (χ3n) is 6.64. The molecule has 1 saturated heterocycles. The molecule has 3 aromatic carbocycles. The summed E-state index contributed by atoms with van der Waals surface area (Å²) in [5.74, 6) is 1.32. The molecular formula is C31H33N3O4. The molecule has 1 atom stereocenters. The molecule has 4 rings (SSSR count). The first-order chi connectivity index (χ1) is 18.3. The van der Waals surface area contributed by atoms with Gasteiger partial charge in [0.25, 0.3) is 5.91 Å². The van der Waals surface area contributed by atoms with Crippen molar-refractivity contribution in [1.29, 1.82) is 0 Å². The van der Waals surface area contributed by atoms with Crippen molar-refractivity contribution in [3.63, 3.8) is 0 Å². The largest absolute Gasteiger partial charge is 0.497 e. The van der Waals surface area contributed by atoms with Gasteiger partial charge in [-0.1, -0.05) is 56.8 Å². The number of rotatable bonds is 9. The predicted octanol–water partition coefficient (Wildman–Crippen LogP) is 5.33. The van der Waals surface area contributed by atoms with Gasteiger partial charge in [-0.2, -0.15) is 5.10 Å². The lowest BCUT2D eigenvalue weighted by atomic mass is 9.96. The van der Waals surface area contributed by atoms with Crippen LogP contribution < -0.4 is 9.47 Å². The SMILES string of the molecule is C=C/C(=N\N1CC(=O)N(Cc2ccc(OC)cc2)C(c2ccc(C(C)C)cc2)C1=O)c1ccc(OC)cc1. The summed E-state index contributed by atoms with van der Waals surface area (Å²) in [7, 11) is 3.21. The molecule has 1 aliphatic rings. The van der Waals surface area contributed by atoms with Crippen molar-refractivity contribution in [2.45, 2.75) is 32.4 Å². The standard InChI is InChI=1S/C31H33N3O4/c1-6-28(24-13-17-27(38-5)18-14-24)32-34-20-29(35)33(19-22-7-15-26(37-4)16-8-22)30(31(34)36)25-11-9-23(10-12-25)21(2)3/h6-18,21,30H,1,19-20H2,2-5H3/b32-28+. The lowest BCUT2D eigenvalue weighted by Gasteiger charge is -2.38. The first-order valence-corrected chi connectivity index (χ1v) is 12.5. The summed E-state index contributed by atoms with van der Waals surface area (Å²) in [5, 5.41) is 5.83. The van der Waals surface area contributed by atoms with E-state index in [1.165, 1.54) is 5.01 Å². The Balaban J connectivity index is 1.70.